The van der Waals surface area contributed by atoms with E-state index in [1.807, 2.05) is 18.7 Å². The van der Waals surface area contributed by atoms with Gasteiger partial charge in [-0.1, -0.05) is 0 Å². The first-order valence-corrected chi connectivity index (χ1v) is 7.78. The fraction of sp³-hybridized carbons (Fsp3) is 0.500. The fourth-order valence-corrected chi connectivity index (χ4v) is 3.78. The number of nitrogens with one attached hydrogen (secondary N) is 1. The van der Waals surface area contributed by atoms with Crippen LogP contribution in [0.2, 0.25) is 0 Å². The van der Waals surface area contributed by atoms with Crippen LogP contribution in [0.5, 0.6) is 0 Å². The number of amides is 1. The van der Waals surface area contributed by atoms with Crippen molar-refractivity contribution in [3.8, 4) is 0 Å². The number of fused-ring (bicyclic) bond motifs is 1. The normalized spacial score (nSPS) is 18.3. The molecule has 0 saturated carbocycles. The molecule has 1 saturated heterocycles. The van der Waals surface area contributed by atoms with Gasteiger partial charge in [0.1, 0.15) is 4.83 Å². The van der Waals surface area contributed by atoms with E-state index in [0.29, 0.717) is 21.6 Å². The lowest BCUT2D eigenvalue weighted by atomic mass is 10.1. The van der Waals surface area contributed by atoms with Crippen LogP contribution in [0.15, 0.2) is 11.1 Å². The number of carbonyl (C=O) groups is 1. The van der Waals surface area contributed by atoms with Gasteiger partial charge in [-0.25, -0.2) is 4.98 Å². The molecule has 6 nitrogen and oxygen atoms in total. The minimum atomic E-state index is -0.0961. The van der Waals surface area contributed by atoms with Crippen LogP contribution in [0.25, 0.3) is 10.2 Å². The van der Waals surface area contributed by atoms with Gasteiger partial charge in [0.15, 0.2) is 0 Å². The number of nitrogens with zero attached hydrogens (tertiary/aromatic N) is 3. The second-order valence-electron chi connectivity index (χ2n) is 5.45. The molecule has 0 spiro atoms. The Labute approximate surface area is 138 Å². The number of halogens is 1. The molecule has 0 radical (unpaired) electrons. The van der Waals surface area contributed by atoms with Gasteiger partial charge < -0.3 is 14.8 Å². The maximum absolute atomic E-state index is 12.8. The Balaban J connectivity index is 0.00000176. The zero-order valence-electron chi connectivity index (χ0n) is 12.8. The van der Waals surface area contributed by atoms with Crippen LogP contribution < -0.4 is 10.9 Å². The molecule has 120 valence electrons. The van der Waals surface area contributed by atoms with Crippen LogP contribution >= 0.6 is 23.7 Å². The summed E-state index contributed by atoms with van der Waals surface area (Å²) in [7, 11) is 1.67. The minimum absolute atomic E-state index is 0. The van der Waals surface area contributed by atoms with Gasteiger partial charge >= 0.3 is 0 Å². The second-order valence-corrected chi connectivity index (χ2v) is 6.45. The molecule has 1 fully saturated rings. The fourth-order valence-electron chi connectivity index (χ4n) is 2.69. The molecule has 3 heterocycles. The standard InChI is InChI=1S/C14H18N4O2S.ClH/c1-8-6-15-4-5-18(8)14(20)11-9(2)10-12(21-11)16-7-17(3)13(10)19;/h7-8,15H,4-6H2,1-3H3;1H. The first-order valence-electron chi connectivity index (χ1n) is 6.97. The lowest BCUT2D eigenvalue weighted by Crippen LogP contribution is -2.52. The summed E-state index contributed by atoms with van der Waals surface area (Å²) in [6.45, 7) is 6.17. The Bertz CT molecular complexity index is 770. The Morgan fingerprint density at radius 2 is 2.23 bits per heavy atom. The van der Waals surface area contributed by atoms with Crippen molar-refractivity contribution in [1.82, 2.24) is 19.8 Å². The van der Waals surface area contributed by atoms with E-state index >= 15 is 0 Å². The van der Waals surface area contributed by atoms with Crippen molar-refractivity contribution in [1.29, 1.82) is 0 Å². The molecule has 2 aromatic rings. The third-order valence-electron chi connectivity index (χ3n) is 3.97. The van der Waals surface area contributed by atoms with Gasteiger partial charge in [0, 0.05) is 32.7 Å². The van der Waals surface area contributed by atoms with Gasteiger partial charge in [-0.2, -0.15) is 0 Å². The number of hydrogen-bond donors (Lipinski definition) is 1. The SMILES string of the molecule is Cc1c(C(=O)N2CCNCC2C)sc2ncn(C)c(=O)c12.Cl. The maximum atomic E-state index is 12.8. The zero-order valence-corrected chi connectivity index (χ0v) is 14.4. The molecule has 1 amide bonds. The van der Waals surface area contributed by atoms with E-state index in [2.05, 4.69) is 10.3 Å². The van der Waals surface area contributed by atoms with E-state index < -0.39 is 0 Å². The van der Waals surface area contributed by atoms with Crippen molar-refractivity contribution in [2.45, 2.75) is 19.9 Å². The van der Waals surface area contributed by atoms with E-state index in [9.17, 15) is 9.59 Å². The highest BCUT2D eigenvalue weighted by atomic mass is 35.5. The van der Waals surface area contributed by atoms with Crippen molar-refractivity contribution in [2.24, 2.45) is 7.05 Å². The van der Waals surface area contributed by atoms with E-state index in [4.69, 9.17) is 0 Å². The molecule has 3 rings (SSSR count). The highest BCUT2D eigenvalue weighted by molar-refractivity contribution is 7.20. The number of hydrogen-bond acceptors (Lipinski definition) is 5. The average molecular weight is 343 g/mol. The van der Waals surface area contributed by atoms with Gasteiger partial charge in [0.2, 0.25) is 0 Å². The Morgan fingerprint density at radius 3 is 2.91 bits per heavy atom. The smallest absolute Gasteiger partial charge is 0.264 e. The third kappa shape index (κ3) is 2.64. The van der Waals surface area contributed by atoms with Crippen molar-refractivity contribution >= 4 is 39.9 Å². The van der Waals surface area contributed by atoms with Crippen molar-refractivity contribution in [2.75, 3.05) is 19.6 Å². The first kappa shape index (κ1) is 16.9. The third-order valence-corrected chi connectivity index (χ3v) is 5.15. The number of rotatable bonds is 1. The van der Waals surface area contributed by atoms with Gasteiger partial charge in [-0.3, -0.25) is 9.59 Å². The molecular formula is C14H19ClN4O2S. The van der Waals surface area contributed by atoms with E-state index in [0.717, 1.165) is 18.7 Å². The molecule has 8 heteroatoms. The molecular weight excluding hydrogens is 324 g/mol. The predicted molar refractivity (Wildman–Crippen MR) is 90.2 cm³/mol. The summed E-state index contributed by atoms with van der Waals surface area (Å²) in [4.78, 5) is 32.4. The first-order chi connectivity index (χ1) is 10.0. The zero-order chi connectivity index (χ0) is 15.1. The number of aryl methyl sites for hydroxylation is 2. The highest BCUT2D eigenvalue weighted by Crippen LogP contribution is 2.28. The highest BCUT2D eigenvalue weighted by Gasteiger charge is 2.28. The Kier molecular flexibility index (Phi) is 4.89. The van der Waals surface area contributed by atoms with Crippen LogP contribution in [0.1, 0.15) is 22.2 Å². The molecule has 0 aliphatic carbocycles. The van der Waals surface area contributed by atoms with Gasteiger partial charge in [0.05, 0.1) is 16.6 Å². The maximum Gasteiger partial charge on any atom is 0.264 e. The summed E-state index contributed by atoms with van der Waals surface area (Å²) < 4.78 is 1.45. The molecule has 0 bridgehead atoms. The summed E-state index contributed by atoms with van der Waals surface area (Å²) in [5.74, 6) is 0.00607. The molecule has 1 aliphatic rings. The Morgan fingerprint density at radius 1 is 1.50 bits per heavy atom. The number of aromatic nitrogens is 2. The van der Waals surface area contributed by atoms with Crippen molar-refractivity contribution in [3.63, 3.8) is 0 Å². The molecule has 1 unspecified atom stereocenters. The summed E-state index contributed by atoms with van der Waals surface area (Å²) in [5.41, 5.74) is 0.653. The van der Waals surface area contributed by atoms with Crippen molar-refractivity contribution < 1.29 is 4.79 Å². The molecule has 2 aromatic heterocycles. The van der Waals surface area contributed by atoms with E-state index in [-0.39, 0.29) is 29.9 Å². The van der Waals surface area contributed by atoms with E-state index in [1.165, 1.54) is 22.2 Å². The molecule has 1 atom stereocenters. The quantitative estimate of drug-likeness (QED) is 0.844. The average Bonchev–Trinajstić information content (AvgIpc) is 2.80. The lowest BCUT2D eigenvalue weighted by Gasteiger charge is -2.33. The van der Waals surface area contributed by atoms with Crippen LogP contribution in [-0.4, -0.2) is 46.0 Å². The summed E-state index contributed by atoms with van der Waals surface area (Å²) in [5, 5.41) is 3.84. The number of carbonyl (C=O) groups excluding carboxylic acids is 1. The van der Waals surface area contributed by atoms with Crippen LogP contribution in [0.4, 0.5) is 0 Å². The summed E-state index contributed by atoms with van der Waals surface area (Å²) in [6, 6.07) is 0.159. The number of thiophene rings is 1. The molecule has 1 N–H and O–H groups in total. The second kappa shape index (κ2) is 6.36. The van der Waals surface area contributed by atoms with Crippen LogP contribution in [0, 0.1) is 6.92 Å². The van der Waals surface area contributed by atoms with Crippen LogP contribution in [0.3, 0.4) is 0 Å². The Hall–Kier alpha value is -1.44. The van der Waals surface area contributed by atoms with Gasteiger partial charge in [-0.05, 0) is 19.4 Å². The molecule has 22 heavy (non-hydrogen) atoms. The van der Waals surface area contributed by atoms with E-state index in [1.54, 1.807) is 7.05 Å². The minimum Gasteiger partial charge on any atom is -0.333 e. The van der Waals surface area contributed by atoms with Crippen molar-refractivity contribution in [3.05, 3.63) is 27.1 Å². The molecule has 1 aliphatic heterocycles. The topological polar surface area (TPSA) is 67.2 Å². The lowest BCUT2D eigenvalue weighted by molar-refractivity contribution is 0.0660. The number of piperazine rings is 1. The van der Waals surface area contributed by atoms with Gasteiger partial charge in [-0.15, -0.1) is 23.7 Å². The van der Waals surface area contributed by atoms with Crippen LogP contribution in [-0.2, 0) is 7.05 Å². The largest absolute Gasteiger partial charge is 0.333 e. The predicted octanol–water partition coefficient (Wildman–Crippen LogP) is 1.16. The molecule has 0 aromatic carbocycles. The summed E-state index contributed by atoms with van der Waals surface area (Å²) >= 11 is 1.31. The summed E-state index contributed by atoms with van der Waals surface area (Å²) in [6.07, 6.45) is 1.50. The van der Waals surface area contributed by atoms with Gasteiger partial charge in [0.25, 0.3) is 11.5 Å². The monoisotopic (exact) mass is 342 g/mol.